The maximum absolute atomic E-state index is 13.4. The van der Waals surface area contributed by atoms with E-state index < -0.39 is 11.4 Å². The summed E-state index contributed by atoms with van der Waals surface area (Å²) in [4.78, 5) is 0. The lowest BCUT2D eigenvalue weighted by Gasteiger charge is -2.41. The van der Waals surface area contributed by atoms with E-state index in [-0.39, 0.29) is 0 Å². The Bertz CT molecular complexity index is 437. The first kappa shape index (κ1) is 19.4. The van der Waals surface area contributed by atoms with Crippen molar-refractivity contribution in [2.75, 3.05) is 7.11 Å². The first-order valence-electron chi connectivity index (χ1n) is 9.96. The van der Waals surface area contributed by atoms with Crippen LogP contribution in [0.1, 0.15) is 84.0 Å². The van der Waals surface area contributed by atoms with E-state index in [9.17, 15) is 4.39 Å². The van der Waals surface area contributed by atoms with E-state index in [0.29, 0.717) is 0 Å². The highest BCUT2D eigenvalue weighted by Crippen LogP contribution is 2.44. The van der Waals surface area contributed by atoms with Crippen LogP contribution in [0, 0.1) is 29.1 Å². The summed E-state index contributed by atoms with van der Waals surface area (Å²) in [5.41, 5.74) is -0.548. The maximum Gasteiger partial charge on any atom is 0.198 e. The number of unbranched alkanes of at least 4 members (excludes halogenated alkanes) is 2. The monoisotopic (exact) mass is 335 g/mol. The SMILES string of the molecule is CCCCC[C@H]1CC[C@H]([C@H]2CC[C@@](C=C(F)C#N)(OC)CC2)CC1. The molecule has 24 heavy (non-hydrogen) atoms. The Morgan fingerprint density at radius 2 is 1.75 bits per heavy atom. The fourth-order valence-corrected chi connectivity index (χ4v) is 4.90. The lowest BCUT2D eigenvalue weighted by Crippen LogP contribution is -2.37. The first-order valence-corrected chi connectivity index (χ1v) is 9.96. The molecular weight excluding hydrogens is 301 g/mol. The molecule has 0 aromatic heterocycles. The van der Waals surface area contributed by atoms with E-state index in [1.54, 1.807) is 13.2 Å². The summed E-state index contributed by atoms with van der Waals surface area (Å²) in [6, 6.07) is 1.59. The van der Waals surface area contributed by atoms with Gasteiger partial charge in [-0.05, 0) is 62.4 Å². The molecule has 2 fully saturated rings. The largest absolute Gasteiger partial charge is 0.374 e. The summed E-state index contributed by atoms with van der Waals surface area (Å²) >= 11 is 0. The molecule has 0 atom stereocenters. The third-order valence-corrected chi connectivity index (χ3v) is 6.55. The van der Waals surface area contributed by atoms with E-state index in [1.165, 1.54) is 57.4 Å². The van der Waals surface area contributed by atoms with Crippen LogP contribution in [-0.2, 0) is 4.74 Å². The molecule has 2 saturated carbocycles. The van der Waals surface area contributed by atoms with Crippen molar-refractivity contribution in [2.24, 2.45) is 17.8 Å². The average molecular weight is 336 g/mol. The zero-order valence-electron chi connectivity index (χ0n) is 15.5. The lowest BCUT2D eigenvalue weighted by atomic mass is 9.67. The van der Waals surface area contributed by atoms with E-state index in [2.05, 4.69) is 6.92 Å². The van der Waals surface area contributed by atoms with Gasteiger partial charge in [-0.25, -0.2) is 0 Å². The average Bonchev–Trinajstić information content (AvgIpc) is 2.63. The van der Waals surface area contributed by atoms with Crippen LogP contribution in [0.3, 0.4) is 0 Å². The van der Waals surface area contributed by atoms with Gasteiger partial charge in [0.15, 0.2) is 5.83 Å². The Morgan fingerprint density at radius 1 is 1.12 bits per heavy atom. The third-order valence-electron chi connectivity index (χ3n) is 6.55. The van der Waals surface area contributed by atoms with Crippen molar-refractivity contribution >= 4 is 0 Å². The van der Waals surface area contributed by atoms with E-state index in [4.69, 9.17) is 10.00 Å². The normalized spacial score (nSPS) is 34.8. The van der Waals surface area contributed by atoms with Crippen LogP contribution in [0.5, 0.6) is 0 Å². The number of methoxy groups -OCH3 is 1. The summed E-state index contributed by atoms with van der Waals surface area (Å²) in [5.74, 6) is 1.88. The van der Waals surface area contributed by atoms with E-state index in [0.717, 1.165) is 43.4 Å². The van der Waals surface area contributed by atoms with E-state index in [1.807, 2.05) is 0 Å². The van der Waals surface area contributed by atoms with Crippen LogP contribution >= 0.6 is 0 Å². The summed E-state index contributed by atoms with van der Waals surface area (Å²) in [6.45, 7) is 2.28. The van der Waals surface area contributed by atoms with Crippen LogP contribution in [0.25, 0.3) is 0 Å². The number of nitrogens with zero attached hydrogens (tertiary/aromatic N) is 1. The Kier molecular flexibility index (Phi) is 7.75. The van der Waals surface area contributed by atoms with Gasteiger partial charge in [0.1, 0.15) is 6.07 Å². The predicted octanol–water partition coefficient (Wildman–Crippen LogP) is 6.33. The highest BCUT2D eigenvalue weighted by atomic mass is 19.1. The van der Waals surface area contributed by atoms with Crippen molar-refractivity contribution in [2.45, 2.75) is 89.6 Å². The fraction of sp³-hybridized carbons (Fsp3) is 0.857. The molecule has 3 heteroatoms. The van der Waals surface area contributed by atoms with Crippen LogP contribution in [0.4, 0.5) is 4.39 Å². The van der Waals surface area contributed by atoms with Crippen LogP contribution < -0.4 is 0 Å². The number of hydrogen-bond donors (Lipinski definition) is 0. The van der Waals surface area contributed by atoms with Crippen LogP contribution in [0.2, 0.25) is 0 Å². The number of hydrogen-bond acceptors (Lipinski definition) is 2. The topological polar surface area (TPSA) is 33.0 Å². The van der Waals surface area contributed by atoms with Crippen molar-refractivity contribution < 1.29 is 9.13 Å². The molecule has 0 radical (unpaired) electrons. The summed E-state index contributed by atoms with van der Waals surface area (Å²) in [7, 11) is 1.64. The van der Waals surface area contributed by atoms with Crippen LogP contribution in [-0.4, -0.2) is 12.7 Å². The van der Waals surface area contributed by atoms with Crippen LogP contribution in [0.15, 0.2) is 11.9 Å². The number of rotatable bonds is 7. The van der Waals surface area contributed by atoms with E-state index >= 15 is 0 Å². The van der Waals surface area contributed by atoms with Crippen molar-refractivity contribution in [3.8, 4) is 6.07 Å². The van der Waals surface area contributed by atoms with Gasteiger partial charge in [0.25, 0.3) is 0 Å². The summed E-state index contributed by atoms with van der Waals surface area (Å²) in [5, 5.41) is 8.68. The minimum Gasteiger partial charge on any atom is -0.374 e. The highest BCUT2D eigenvalue weighted by Gasteiger charge is 2.37. The molecule has 0 unspecified atom stereocenters. The number of nitriles is 1. The van der Waals surface area contributed by atoms with Crippen molar-refractivity contribution in [3.05, 3.63) is 11.9 Å². The molecule has 2 aliphatic rings. The third kappa shape index (κ3) is 5.31. The summed E-state index contributed by atoms with van der Waals surface area (Å²) < 4.78 is 19.0. The standard InChI is InChI=1S/C21H34FNO/c1-3-4-5-6-17-7-9-18(10-8-17)19-11-13-21(24-2,14-12-19)15-20(22)16-23/h15,17-19H,3-14H2,1-2H3/t17-,18-,19-,21+. The molecule has 0 bridgehead atoms. The molecule has 2 nitrogen and oxygen atoms in total. The maximum atomic E-state index is 13.4. The van der Waals surface area contributed by atoms with Crippen molar-refractivity contribution in [1.82, 2.24) is 0 Å². The second-order valence-corrected chi connectivity index (χ2v) is 7.99. The Hall–Kier alpha value is -0.880. The van der Waals surface area contributed by atoms with Gasteiger partial charge in [-0.15, -0.1) is 0 Å². The predicted molar refractivity (Wildman–Crippen MR) is 96.1 cm³/mol. The molecular formula is C21H34FNO. The Balaban J connectivity index is 1.78. The minimum absolute atomic E-state index is 0.548. The Morgan fingerprint density at radius 3 is 2.29 bits per heavy atom. The quantitative estimate of drug-likeness (QED) is 0.402. The zero-order valence-corrected chi connectivity index (χ0v) is 15.5. The highest BCUT2D eigenvalue weighted by molar-refractivity contribution is 5.19. The van der Waals surface area contributed by atoms with Gasteiger partial charge in [-0.1, -0.05) is 45.4 Å². The van der Waals surface area contributed by atoms with Gasteiger partial charge in [0.05, 0.1) is 5.60 Å². The molecule has 0 spiro atoms. The van der Waals surface area contributed by atoms with Gasteiger partial charge < -0.3 is 4.74 Å². The minimum atomic E-state index is -0.706. The van der Waals surface area contributed by atoms with Gasteiger partial charge in [0, 0.05) is 7.11 Å². The molecule has 136 valence electrons. The molecule has 0 N–H and O–H groups in total. The second-order valence-electron chi connectivity index (χ2n) is 7.99. The molecule has 0 amide bonds. The molecule has 0 aromatic carbocycles. The van der Waals surface area contributed by atoms with Crippen molar-refractivity contribution in [3.63, 3.8) is 0 Å². The molecule has 0 heterocycles. The van der Waals surface area contributed by atoms with Gasteiger partial charge in [-0.2, -0.15) is 9.65 Å². The number of halogens is 1. The summed E-state index contributed by atoms with van der Waals surface area (Å²) in [6.07, 6.45) is 16.4. The molecule has 0 aliphatic heterocycles. The molecule has 0 saturated heterocycles. The van der Waals surface area contributed by atoms with Gasteiger partial charge in [-0.3, -0.25) is 0 Å². The molecule has 0 aromatic rings. The fourth-order valence-electron chi connectivity index (χ4n) is 4.90. The second kappa shape index (κ2) is 9.56. The molecule has 2 aliphatic carbocycles. The zero-order chi connectivity index (χ0) is 17.4. The number of allylic oxidation sites excluding steroid dienone is 1. The Labute approximate surface area is 147 Å². The van der Waals surface area contributed by atoms with Gasteiger partial charge in [0.2, 0.25) is 0 Å². The first-order chi connectivity index (χ1) is 11.6. The smallest absolute Gasteiger partial charge is 0.198 e. The lowest BCUT2D eigenvalue weighted by molar-refractivity contribution is -0.0211. The number of ether oxygens (including phenoxy) is 1. The molecule has 2 rings (SSSR count). The van der Waals surface area contributed by atoms with Crippen molar-refractivity contribution in [1.29, 1.82) is 5.26 Å². The van der Waals surface area contributed by atoms with Gasteiger partial charge >= 0.3 is 0 Å².